The molecule has 0 spiro atoms. The molecule has 0 aliphatic carbocycles. The second-order valence-corrected chi connectivity index (χ2v) is 5.55. The number of rotatable bonds is 5. The lowest BCUT2D eigenvalue weighted by molar-refractivity contribution is -0.138. The van der Waals surface area contributed by atoms with E-state index in [1.165, 1.54) is 31.3 Å². The lowest BCUT2D eigenvalue weighted by Crippen LogP contribution is -2.55. The SMILES string of the molecule is COCC(=O)N1CC[C@@H](NC(=O)c2cc(F)ccc2OC)[C@H](O)C1. The van der Waals surface area contributed by atoms with Crippen molar-refractivity contribution in [2.45, 2.75) is 18.6 Å². The summed E-state index contributed by atoms with van der Waals surface area (Å²) in [4.78, 5) is 25.6. The maximum Gasteiger partial charge on any atom is 0.255 e. The van der Waals surface area contributed by atoms with E-state index in [9.17, 15) is 19.1 Å². The Bertz CT molecular complexity index is 610. The van der Waals surface area contributed by atoms with Gasteiger partial charge in [-0.25, -0.2) is 4.39 Å². The third-order valence-corrected chi connectivity index (χ3v) is 3.93. The predicted octanol–water partition coefficient (Wildman–Crippen LogP) is 0.172. The van der Waals surface area contributed by atoms with Gasteiger partial charge in [0.2, 0.25) is 5.91 Å². The van der Waals surface area contributed by atoms with Crippen molar-refractivity contribution in [1.82, 2.24) is 10.2 Å². The number of piperidine rings is 1. The molecule has 8 heteroatoms. The monoisotopic (exact) mass is 340 g/mol. The van der Waals surface area contributed by atoms with E-state index in [1.54, 1.807) is 0 Å². The highest BCUT2D eigenvalue weighted by Gasteiger charge is 2.31. The van der Waals surface area contributed by atoms with Gasteiger partial charge in [-0.1, -0.05) is 0 Å². The molecule has 1 aliphatic heterocycles. The van der Waals surface area contributed by atoms with Crippen LogP contribution in [-0.4, -0.2) is 67.9 Å². The van der Waals surface area contributed by atoms with E-state index in [-0.39, 0.29) is 30.4 Å². The van der Waals surface area contributed by atoms with E-state index in [0.29, 0.717) is 13.0 Å². The fourth-order valence-electron chi connectivity index (χ4n) is 2.65. The molecule has 2 N–H and O–H groups in total. The molecule has 2 amide bonds. The molecule has 0 aromatic heterocycles. The van der Waals surface area contributed by atoms with E-state index in [4.69, 9.17) is 9.47 Å². The maximum atomic E-state index is 13.4. The number of carbonyl (C=O) groups excluding carboxylic acids is 2. The summed E-state index contributed by atoms with van der Waals surface area (Å²) in [6, 6.07) is 3.12. The normalized spacial score (nSPS) is 20.6. The molecule has 1 aromatic rings. The Labute approximate surface area is 139 Å². The van der Waals surface area contributed by atoms with Gasteiger partial charge in [0.15, 0.2) is 0 Å². The molecule has 0 saturated carbocycles. The average Bonchev–Trinajstić information content (AvgIpc) is 2.56. The Balaban J connectivity index is 2.01. The van der Waals surface area contributed by atoms with Gasteiger partial charge in [-0.05, 0) is 24.6 Å². The molecular formula is C16H21FN2O5. The van der Waals surface area contributed by atoms with Crippen LogP contribution in [-0.2, 0) is 9.53 Å². The van der Waals surface area contributed by atoms with E-state index in [0.717, 1.165) is 6.07 Å². The van der Waals surface area contributed by atoms with Gasteiger partial charge in [0.25, 0.3) is 5.91 Å². The molecule has 0 radical (unpaired) electrons. The highest BCUT2D eigenvalue weighted by atomic mass is 19.1. The van der Waals surface area contributed by atoms with Crippen LogP contribution in [0.15, 0.2) is 18.2 Å². The van der Waals surface area contributed by atoms with Gasteiger partial charge in [0.1, 0.15) is 18.2 Å². The summed E-state index contributed by atoms with van der Waals surface area (Å²) in [7, 11) is 2.81. The van der Waals surface area contributed by atoms with Crippen molar-refractivity contribution in [1.29, 1.82) is 0 Å². The fraction of sp³-hybridized carbons (Fsp3) is 0.500. The van der Waals surface area contributed by atoms with Crippen LogP contribution in [0.5, 0.6) is 5.75 Å². The van der Waals surface area contributed by atoms with Crippen LogP contribution in [0.2, 0.25) is 0 Å². The molecule has 1 fully saturated rings. The zero-order valence-corrected chi connectivity index (χ0v) is 13.6. The van der Waals surface area contributed by atoms with Crippen molar-refractivity contribution in [2.75, 3.05) is 33.9 Å². The Kier molecular flexibility index (Phi) is 6.10. The van der Waals surface area contributed by atoms with Crippen molar-refractivity contribution in [2.24, 2.45) is 0 Å². The van der Waals surface area contributed by atoms with Gasteiger partial charge < -0.3 is 24.8 Å². The lowest BCUT2D eigenvalue weighted by Gasteiger charge is -2.36. The quantitative estimate of drug-likeness (QED) is 0.798. The van der Waals surface area contributed by atoms with Gasteiger partial charge in [0, 0.05) is 20.2 Å². The molecule has 2 atom stereocenters. The van der Waals surface area contributed by atoms with E-state index < -0.39 is 23.9 Å². The number of nitrogens with zero attached hydrogens (tertiary/aromatic N) is 1. The molecule has 2 rings (SSSR count). The first-order chi connectivity index (χ1) is 11.5. The van der Waals surface area contributed by atoms with Crippen LogP contribution < -0.4 is 10.1 Å². The molecule has 1 saturated heterocycles. The lowest BCUT2D eigenvalue weighted by atomic mass is 10.0. The first kappa shape index (κ1) is 18.2. The number of hydrogen-bond acceptors (Lipinski definition) is 5. The van der Waals surface area contributed by atoms with Crippen molar-refractivity contribution in [3.05, 3.63) is 29.6 Å². The number of likely N-dealkylation sites (tertiary alicyclic amines) is 1. The first-order valence-corrected chi connectivity index (χ1v) is 7.55. The summed E-state index contributed by atoms with van der Waals surface area (Å²) in [5.74, 6) is -1.06. The molecule has 1 aromatic carbocycles. The molecular weight excluding hydrogens is 319 g/mol. The summed E-state index contributed by atoms with van der Waals surface area (Å²) in [6.45, 7) is 0.447. The van der Waals surface area contributed by atoms with Gasteiger partial charge in [-0.15, -0.1) is 0 Å². The first-order valence-electron chi connectivity index (χ1n) is 7.55. The van der Waals surface area contributed by atoms with E-state index in [1.807, 2.05) is 0 Å². The van der Waals surface area contributed by atoms with E-state index in [2.05, 4.69) is 5.32 Å². The van der Waals surface area contributed by atoms with Crippen molar-refractivity contribution in [3.63, 3.8) is 0 Å². The second-order valence-electron chi connectivity index (χ2n) is 5.55. The third kappa shape index (κ3) is 4.21. The number of hydrogen-bond donors (Lipinski definition) is 2. The Hall–Kier alpha value is -2.19. The summed E-state index contributed by atoms with van der Waals surface area (Å²) >= 11 is 0. The average molecular weight is 340 g/mol. The van der Waals surface area contributed by atoms with Crippen molar-refractivity contribution >= 4 is 11.8 Å². The van der Waals surface area contributed by atoms with Gasteiger partial charge >= 0.3 is 0 Å². The number of amides is 2. The predicted molar refractivity (Wildman–Crippen MR) is 83.3 cm³/mol. The fourth-order valence-corrected chi connectivity index (χ4v) is 2.65. The van der Waals surface area contributed by atoms with Crippen LogP contribution >= 0.6 is 0 Å². The standard InChI is InChI=1S/C16H21FN2O5/c1-23-9-15(21)19-6-5-12(13(20)8-19)18-16(22)11-7-10(17)3-4-14(11)24-2/h3-4,7,12-13,20H,5-6,8-9H2,1-2H3,(H,18,22)/t12-,13-/m1/s1. The number of carbonyl (C=O) groups is 2. The number of halogens is 1. The van der Waals surface area contributed by atoms with Gasteiger partial charge in [-0.2, -0.15) is 0 Å². The number of benzene rings is 1. The molecule has 1 heterocycles. The number of aliphatic hydroxyl groups excluding tert-OH is 1. The van der Waals surface area contributed by atoms with Crippen molar-refractivity contribution in [3.8, 4) is 5.75 Å². The number of ether oxygens (including phenoxy) is 2. The summed E-state index contributed by atoms with van der Waals surface area (Å²) in [5.41, 5.74) is 0.0580. The van der Waals surface area contributed by atoms with Crippen LogP contribution in [0.4, 0.5) is 4.39 Å². The summed E-state index contributed by atoms with van der Waals surface area (Å²) in [6.07, 6.45) is -0.525. The Morgan fingerprint density at radius 3 is 2.79 bits per heavy atom. The van der Waals surface area contributed by atoms with Crippen LogP contribution in [0.25, 0.3) is 0 Å². The number of aliphatic hydroxyl groups is 1. The highest BCUT2D eigenvalue weighted by Crippen LogP contribution is 2.20. The summed E-state index contributed by atoms with van der Waals surface area (Å²) in [5, 5.41) is 12.9. The molecule has 132 valence electrons. The molecule has 1 aliphatic rings. The Morgan fingerprint density at radius 1 is 1.42 bits per heavy atom. The van der Waals surface area contributed by atoms with Crippen LogP contribution in [0.3, 0.4) is 0 Å². The second kappa shape index (κ2) is 8.07. The molecule has 0 unspecified atom stereocenters. The van der Waals surface area contributed by atoms with Crippen LogP contribution in [0, 0.1) is 5.82 Å². The zero-order valence-electron chi connectivity index (χ0n) is 13.6. The van der Waals surface area contributed by atoms with Crippen LogP contribution in [0.1, 0.15) is 16.8 Å². The molecule has 7 nitrogen and oxygen atoms in total. The molecule has 0 bridgehead atoms. The molecule has 24 heavy (non-hydrogen) atoms. The minimum atomic E-state index is -0.914. The topological polar surface area (TPSA) is 88.1 Å². The number of nitrogens with one attached hydrogen (secondary N) is 1. The van der Waals surface area contributed by atoms with Crippen molar-refractivity contribution < 1.29 is 28.6 Å². The van der Waals surface area contributed by atoms with E-state index >= 15 is 0 Å². The Morgan fingerprint density at radius 2 is 2.17 bits per heavy atom. The van der Waals surface area contributed by atoms with Gasteiger partial charge in [-0.3, -0.25) is 9.59 Å². The smallest absolute Gasteiger partial charge is 0.255 e. The largest absolute Gasteiger partial charge is 0.496 e. The third-order valence-electron chi connectivity index (χ3n) is 3.93. The minimum Gasteiger partial charge on any atom is -0.496 e. The zero-order chi connectivity index (χ0) is 17.7. The number of methoxy groups -OCH3 is 2. The summed E-state index contributed by atoms with van der Waals surface area (Å²) < 4.78 is 23.2. The maximum absolute atomic E-state index is 13.4. The number of β-amino-alcohol motifs (C(OH)–C–C–N with tert-alkyl or cyclic N) is 1. The highest BCUT2D eigenvalue weighted by molar-refractivity contribution is 5.97. The minimum absolute atomic E-state index is 0.0514. The van der Waals surface area contributed by atoms with Gasteiger partial charge in [0.05, 0.1) is 24.8 Å².